The summed E-state index contributed by atoms with van der Waals surface area (Å²) in [4.78, 5) is 16.0. The summed E-state index contributed by atoms with van der Waals surface area (Å²) in [5, 5.41) is 5.74. The third-order valence-electron chi connectivity index (χ3n) is 2.80. The minimum absolute atomic E-state index is 0.0503. The van der Waals surface area contributed by atoms with Gasteiger partial charge in [0.05, 0.1) is 0 Å². The highest BCUT2D eigenvalue weighted by Gasteiger charge is 2.08. The van der Waals surface area contributed by atoms with Crippen molar-refractivity contribution in [3.63, 3.8) is 0 Å². The lowest BCUT2D eigenvalue weighted by molar-refractivity contribution is -0.116. The number of anilines is 1. The van der Waals surface area contributed by atoms with E-state index in [-0.39, 0.29) is 11.9 Å². The Bertz CT molecular complexity index is 539. The highest BCUT2D eigenvalue weighted by molar-refractivity contribution is 7.13. The molecule has 0 saturated heterocycles. The molecule has 1 aromatic carbocycles. The Labute approximate surface area is 116 Å². The molecular weight excluding hydrogens is 258 g/mol. The third-order valence-corrected chi connectivity index (χ3v) is 3.62. The molecule has 1 unspecified atom stereocenters. The number of carbonyl (C=O) groups excluding carboxylic acids is 1. The van der Waals surface area contributed by atoms with Gasteiger partial charge in [0, 0.05) is 35.3 Å². The van der Waals surface area contributed by atoms with Gasteiger partial charge in [-0.05, 0) is 18.6 Å². The van der Waals surface area contributed by atoms with Gasteiger partial charge in [-0.25, -0.2) is 4.98 Å². The summed E-state index contributed by atoms with van der Waals surface area (Å²) in [5.41, 5.74) is 7.55. The first kappa shape index (κ1) is 13.7. The molecule has 0 fully saturated rings. The fourth-order valence-corrected chi connectivity index (χ4v) is 2.33. The monoisotopic (exact) mass is 275 g/mol. The van der Waals surface area contributed by atoms with E-state index >= 15 is 0 Å². The van der Waals surface area contributed by atoms with E-state index in [2.05, 4.69) is 10.3 Å². The molecule has 0 saturated carbocycles. The van der Waals surface area contributed by atoms with Crippen LogP contribution in [0.2, 0.25) is 0 Å². The molecule has 3 N–H and O–H groups in total. The number of hydrogen-bond acceptors (Lipinski definition) is 4. The Kier molecular flexibility index (Phi) is 4.65. The first-order chi connectivity index (χ1) is 9.19. The molecule has 2 aromatic rings. The van der Waals surface area contributed by atoms with Gasteiger partial charge in [0.2, 0.25) is 5.91 Å². The van der Waals surface area contributed by atoms with E-state index < -0.39 is 0 Å². The first-order valence-corrected chi connectivity index (χ1v) is 7.12. The molecule has 1 aromatic heterocycles. The van der Waals surface area contributed by atoms with E-state index in [1.807, 2.05) is 36.6 Å². The van der Waals surface area contributed by atoms with E-state index in [0.29, 0.717) is 6.42 Å². The average Bonchev–Trinajstić information content (AvgIpc) is 2.92. The van der Waals surface area contributed by atoms with Crippen LogP contribution in [-0.2, 0) is 4.79 Å². The summed E-state index contributed by atoms with van der Waals surface area (Å²) in [5.74, 6) is -0.0503. The SMILES string of the molecule is CCC(N)CC(=O)Nc1cccc(-c2nccs2)c1. The number of nitrogens with two attached hydrogens (primary N) is 1. The molecule has 1 amide bonds. The van der Waals surface area contributed by atoms with Gasteiger partial charge in [-0.2, -0.15) is 0 Å². The topological polar surface area (TPSA) is 68.0 Å². The summed E-state index contributed by atoms with van der Waals surface area (Å²) < 4.78 is 0. The molecule has 0 bridgehead atoms. The van der Waals surface area contributed by atoms with Gasteiger partial charge in [0.1, 0.15) is 5.01 Å². The predicted molar refractivity (Wildman–Crippen MR) is 79.1 cm³/mol. The number of rotatable bonds is 5. The van der Waals surface area contributed by atoms with Crippen LogP contribution in [0, 0.1) is 0 Å². The lowest BCUT2D eigenvalue weighted by atomic mass is 10.1. The third kappa shape index (κ3) is 3.87. The van der Waals surface area contributed by atoms with Gasteiger partial charge < -0.3 is 11.1 Å². The summed E-state index contributed by atoms with van der Waals surface area (Å²) in [6.45, 7) is 1.97. The standard InChI is InChI=1S/C14H17N3OS/c1-2-11(15)9-13(18)17-12-5-3-4-10(8-12)14-16-6-7-19-14/h3-8,11H,2,9,15H2,1H3,(H,17,18). The average molecular weight is 275 g/mol. The Balaban J connectivity index is 2.05. The Morgan fingerprint density at radius 3 is 3.05 bits per heavy atom. The van der Waals surface area contributed by atoms with E-state index in [0.717, 1.165) is 22.7 Å². The molecule has 5 heteroatoms. The predicted octanol–water partition coefficient (Wildman–Crippen LogP) is 2.88. The first-order valence-electron chi connectivity index (χ1n) is 6.24. The molecule has 19 heavy (non-hydrogen) atoms. The zero-order valence-electron chi connectivity index (χ0n) is 10.8. The number of hydrogen-bond donors (Lipinski definition) is 2. The number of amides is 1. The van der Waals surface area contributed by atoms with Crippen LogP contribution in [0.15, 0.2) is 35.8 Å². The van der Waals surface area contributed by atoms with Crippen LogP contribution in [0.3, 0.4) is 0 Å². The van der Waals surface area contributed by atoms with Crippen molar-refractivity contribution in [3.8, 4) is 10.6 Å². The second kappa shape index (κ2) is 6.45. The van der Waals surface area contributed by atoms with Crippen LogP contribution in [0.5, 0.6) is 0 Å². The second-order valence-electron chi connectivity index (χ2n) is 4.34. The molecule has 0 aliphatic carbocycles. The zero-order chi connectivity index (χ0) is 13.7. The molecular formula is C14H17N3OS. The van der Waals surface area contributed by atoms with Crippen LogP contribution >= 0.6 is 11.3 Å². The Hall–Kier alpha value is -1.72. The van der Waals surface area contributed by atoms with Crippen molar-refractivity contribution in [1.82, 2.24) is 4.98 Å². The normalized spacial score (nSPS) is 12.1. The number of aromatic nitrogens is 1. The van der Waals surface area contributed by atoms with Crippen molar-refractivity contribution < 1.29 is 4.79 Å². The van der Waals surface area contributed by atoms with Crippen molar-refractivity contribution >= 4 is 22.9 Å². The van der Waals surface area contributed by atoms with Gasteiger partial charge in [0.15, 0.2) is 0 Å². The highest BCUT2D eigenvalue weighted by Crippen LogP contribution is 2.24. The summed E-state index contributed by atoms with van der Waals surface area (Å²) in [7, 11) is 0. The maximum absolute atomic E-state index is 11.8. The largest absolute Gasteiger partial charge is 0.327 e. The fourth-order valence-electron chi connectivity index (χ4n) is 1.69. The molecule has 2 rings (SSSR count). The maximum atomic E-state index is 11.8. The van der Waals surface area contributed by atoms with Crippen molar-refractivity contribution in [2.45, 2.75) is 25.8 Å². The Morgan fingerprint density at radius 1 is 1.53 bits per heavy atom. The minimum atomic E-state index is -0.0813. The van der Waals surface area contributed by atoms with Crippen molar-refractivity contribution in [2.75, 3.05) is 5.32 Å². The summed E-state index contributed by atoms with van der Waals surface area (Å²) >= 11 is 1.57. The van der Waals surface area contributed by atoms with Crippen LogP contribution in [-0.4, -0.2) is 16.9 Å². The van der Waals surface area contributed by atoms with E-state index in [4.69, 9.17) is 5.73 Å². The smallest absolute Gasteiger partial charge is 0.225 e. The lowest BCUT2D eigenvalue weighted by Gasteiger charge is -2.10. The number of benzene rings is 1. The van der Waals surface area contributed by atoms with Gasteiger partial charge in [-0.1, -0.05) is 19.1 Å². The van der Waals surface area contributed by atoms with Crippen molar-refractivity contribution in [1.29, 1.82) is 0 Å². The summed E-state index contributed by atoms with van der Waals surface area (Å²) in [6.07, 6.45) is 2.91. The van der Waals surface area contributed by atoms with Crippen LogP contribution in [0.1, 0.15) is 19.8 Å². The number of carbonyl (C=O) groups is 1. The number of nitrogens with one attached hydrogen (secondary N) is 1. The van der Waals surface area contributed by atoms with Gasteiger partial charge in [0.25, 0.3) is 0 Å². The van der Waals surface area contributed by atoms with Crippen molar-refractivity contribution in [3.05, 3.63) is 35.8 Å². The molecule has 0 aliphatic rings. The van der Waals surface area contributed by atoms with E-state index in [9.17, 15) is 4.79 Å². The molecule has 0 aliphatic heterocycles. The highest BCUT2D eigenvalue weighted by atomic mass is 32.1. The molecule has 1 atom stereocenters. The quantitative estimate of drug-likeness (QED) is 0.881. The zero-order valence-corrected chi connectivity index (χ0v) is 11.6. The van der Waals surface area contributed by atoms with Crippen LogP contribution < -0.4 is 11.1 Å². The Morgan fingerprint density at radius 2 is 2.37 bits per heavy atom. The van der Waals surface area contributed by atoms with Crippen molar-refractivity contribution in [2.24, 2.45) is 5.73 Å². The lowest BCUT2D eigenvalue weighted by Crippen LogP contribution is -2.26. The van der Waals surface area contributed by atoms with Gasteiger partial charge in [-0.3, -0.25) is 4.79 Å². The van der Waals surface area contributed by atoms with E-state index in [1.165, 1.54) is 0 Å². The molecule has 4 nitrogen and oxygen atoms in total. The van der Waals surface area contributed by atoms with Gasteiger partial charge >= 0.3 is 0 Å². The number of thiazole rings is 1. The molecule has 0 radical (unpaired) electrons. The minimum Gasteiger partial charge on any atom is -0.327 e. The summed E-state index contributed by atoms with van der Waals surface area (Å²) in [6, 6.07) is 7.60. The van der Waals surface area contributed by atoms with Crippen LogP contribution in [0.4, 0.5) is 5.69 Å². The maximum Gasteiger partial charge on any atom is 0.225 e. The van der Waals surface area contributed by atoms with E-state index in [1.54, 1.807) is 17.5 Å². The number of nitrogens with zero attached hydrogens (tertiary/aromatic N) is 1. The van der Waals surface area contributed by atoms with Crippen LogP contribution in [0.25, 0.3) is 10.6 Å². The molecule has 1 heterocycles. The van der Waals surface area contributed by atoms with Gasteiger partial charge in [-0.15, -0.1) is 11.3 Å². The molecule has 100 valence electrons. The fraction of sp³-hybridized carbons (Fsp3) is 0.286. The second-order valence-corrected chi connectivity index (χ2v) is 5.23. The molecule has 0 spiro atoms.